The van der Waals surface area contributed by atoms with Crippen LogP contribution in [0.3, 0.4) is 0 Å². The zero-order valence-electron chi connectivity index (χ0n) is 20.9. The van der Waals surface area contributed by atoms with Crippen molar-refractivity contribution in [1.82, 2.24) is 14.1 Å². The van der Waals surface area contributed by atoms with Crippen LogP contribution >= 0.6 is 11.3 Å². The number of nitrogens with zero attached hydrogens (tertiary/aromatic N) is 3. The van der Waals surface area contributed by atoms with Gasteiger partial charge >= 0.3 is 0 Å². The van der Waals surface area contributed by atoms with E-state index < -0.39 is 0 Å². The Hall–Kier alpha value is -4.93. The molecule has 0 unspecified atom stereocenters. The number of rotatable bonds is 2. The minimum absolute atomic E-state index is 0.946. The van der Waals surface area contributed by atoms with E-state index in [4.69, 9.17) is 4.98 Å². The quantitative estimate of drug-likeness (QED) is 0.225. The summed E-state index contributed by atoms with van der Waals surface area (Å²) in [7, 11) is 0. The normalized spacial score (nSPS) is 12.1. The molecule has 4 heterocycles. The van der Waals surface area contributed by atoms with Crippen molar-refractivity contribution in [3.8, 4) is 11.5 Å². The average molecular weight is 516 g/mol. The second kappa shape index (κ2) is 7.79. The Bertz CT molecular complexity index is 2350. The third kappa shape index (κ3) is 2.89. The molecule has 0 aliphatic rings. The Labute approximate surface area is 227 Å². The minimum Gasteiger partial charge on any atom is -0.309 e. The molecule has 39 heavy (non-hydrogen) atoms. The van der Waals surface area contributed by atoms with Gasteiger partial charge in [0.15, 0.2) is 0 Å². The molecule has 3 nitrogen and oxygen atoms in total. The average Bonchev–Trinajstić information content (AvgIpc) is 3.64. The van der Waals surface area contributed by atoms with Crippen molar-refractivity contribution in [3.63, 3.8) is 0 Å². The molecule has 0 fully saturated rings. The fourth-order valence-electron chi connectivity index (χ4n) is 6.29. The van der Waals surface area contributed by atoms with E-state index in [0.29, 0.717) is 0 Å². The number of hydrogen-bond acceptors (Lipinski definition) is 2. The summed E-state index contributed by atoms with van der Waals surface area (Å²) in [4.78, 5) is 4.97. The van der Waals surface area contributed by atoms with Crippen LogP contribution in [0.1, 0.15) is 0 Å². The van der Waals surface area contributed by atoms with Crippen molar-refractivity contribution in [2.75, 3.05) is 0 Å². The van der Waals surface area contributed by atoms with Gasteiger partial charge in [-0.2, -0.15) is 0 Å². The second-order valence-electron chi connectivity index (χ2n) is 10.1. The van der Waals surface area contributed by atoms with Crippen LogP contribution in [0.4, 0.5) is 0 Å². The van der Waals surface area contributed by atoms with E-state index in [9.17, 15) is 0 Å². The van der Waals surface area contributed by atoms with E-state index in [1.165, 1.54) is 58.3 Å². The summed E-state index contributed by atoms with van der Waals surface area (Å²) in [5.41, 5.74) is 5.93. The summed E-state index contributed by atoms with van der Waals surface area (Å²) >= 11 is 1.80. The molecule has 0 bridgehead atoms. The third-order valence-corrected chi connectivity index (χ3v) is 9.09. The van der Waals surface area contributed by atoms with Gasteiger partial charge in [0, 0.05) is 48.9 Å². The molecule has 9 rings (SSSR count). The van der Waals surface area contributed by atoms with E-state index in [-0.39, 0.29) is 0 Å². The molecule has 0 aliphatic carbocycles. The fourth-order valence-corrected chi connectivity index (χ4v) is 7.35. The van der Waals surface area contributed by atoms with E-state index >= 15 is 0 Å². The van der Waals surface area contributed by atoms with Crippen molar-refractivity contribution >= 4 is 75.1 Å². The van der Waals surface area contributed by atoms with E-state index in [1.54, 1.807) is 11.3 Å². The van der Waals surface area contributed by atoms with Gasteiger partial charge in [-0.3, -0.25) is 4.57 Å². The number of benzene rings is 5. The Morgan fingerprint density at radius 1 is 0.436 bits per heavy atom. The zero-order valence-corrected chi connectivity index (χ0v) is 21.7. The number of aromatic nitrogens is 3. The predicted molar refractivity (Wildman–Crippen MR) is 166 cm³/mol. The van der Waals surface area contributed by atoms with Gasteiger partial charge in [0.2, 0.25) is 0 Å². The minimum atomic E-state index is 0.946. The standard InChI is InChI=1S/C35H21N3S/c1-5-13-29-23(9-1)24-10-2-6-14-30(24)37(29)22-17-18-32-27(19-22)25-11-3-7-15-31(25)38(32)35-20-28-26-12-4-8-16-33(26)39-34(28)21-36-35/h1-21H. The highest BCUT2D eigenvalue weighted by molar-refractivity contribution is 7.25. The van der Waals surface area contributed by atoms with Gasteiger partial charge in [-0.1, -0.05) is 72.8 Å². The molecule has 0 saturated carbocycles. The molecule has 4 heteroatoms. The summed E-state index contributed by atoms with van der Waals surface area (Å²) in [5.74, 6) is 0.946. The number of fused-ring (bicyclic) bond motifs is 9. The number of thiophene rings is 1. The monoisotopic (exact) mass is 515 g/mol. The molecule has 4 aromatic heterocycles. The maximum Gasteiger partial charge on any atom is 0.138 e. The van der Waals surface area contributed by atoms with E-state index in [1.807, 2.05) is 6.20 Å². The summed E-state index contributed by atoms with van der Waals surface area (Å²) in [6, 6.07) is 43.7. The molecule has 5 aromatic carbocycles. The highest BCUT2D eigenvalue weighted by Crippen LogP contribution is 2.38. The van der Waals surface area contributed by atoms with Crippen molar-refractivity contribution in [2.24, 2.45) is 0 Å². The molecule has 0 atom stereocenters. The highest BCUT2D eigenvalue weighted by Gasteiger charge is 2.17. The lowest BCUT2D eigenvalue weighted by atomic mass is 10.1. The van der Waals surface area contributed by atoms with Crippen LogP contribution in [-0.2, 0) is 0 Å². The largest absolute Gasteiger partial charge is 0.309 e. The van der Waals surface area contributed by atoms with Crippen molar-refractivity contribution in [1.29, 1.82) is 0 Å². The van der Waals surface area contributed by atoms with Crippen LogP contribution in [0, 0.1) is 0 Å². The molecular formula is C35H21N3S. The maximum atomic E-state index is 4.97. The summed E-state index contributed by atoms with van der Waals surface area (Å²) in [6.45, 7) is 0. The van der Waals surface area contributed by atoms with Crippen molar-refractivity contribution in [3.05, 3.63) is 128 Å². The first kappa shape index (κ1) is 21.1. The maximum absolute atomic E-state index is 4.97. The van der Waals surface area contributed by atoms with E-state index in [2.05, 4.69) is 130 Å². The lowest BCUT2D eigenvalue weighted by molar-refractivity contribution is 1.09. The fraction of sp³-hybridized carbons (Fsp3) is 0. The van der Waals surface area contributed by atoms with Gasteiger partial charge in [-0.05, 0) is 48.5 Å². The van der Waals surface area contributed by atoms with Crippen molar-refractivity contribution < 1.29 is 0 Å². The van der Waals surface area contributed by atoms with Gasteiger partial charge in [-0.25, -0.2) is 4.98 Å². The first-order valence-corrected chi connectivity index (χ1v) is 14.0. The lowest BCUT2D eigenvalue weighted by Crippen LogP contribution is -1.97. The number of hydrogen-bond donors (Lipinski definition) is 0. The third-order valence-electron chi connectivity index (χ3n) is 7.97. The Morgan fingerprint density at radius 3 is 1.72 bits per heavy atom. The van der Waals surface area contributed by atoms with Crippen LogP contribution in [0.25, 0.3) is 75.3 Å². The molecule has 182 valence electrons. The summed E-state index contributed by atoms with van der Waals surface area (Å²) in [6.07, 6.45) is 2.03. The Balaban J connectivity index is 1.34. The van der Waals surface area contributed by atoms with E-state index in [0.717, 1.165) is 17.0 Å². The summed E-state index contributed by atoms with van der Waals surface area (Å²) < 4.78 is 7.21. The lowest BCUT2D eigenvalue weighted by Gasteiger charge is -2.10. The molecule has 9 aromatic rings. The summed E-state index contributed by atoms with van der Waals surface area (Å²) in [5, 5.41) is 7.55. The molecule has 0 spiro atoms. The predicted octanol–water partition coefficient (Wildman–Crippen LogP) is 9.64. The van der Waals surface area contributed by atoms with Crippen LogP contribution in [0.15, 0.2) is 128 Å². The Kier molecular flexibility index (Phi) is 4.21. The molecule has 0 radical (unpaired) electrons. The molecule has 0 saturated heterocycles. The van der Waals surface area contributed by atoms with Crippen LogP contribution < -0.4 is 0 Å². The molecular weight excluding hydrogens is 494 g/mol. The van der Waals surface area contributed by atoms with Gasteiger partial charge in [0.1, 0.15) is 5.82 Å². The molecule has 0 N–H and O–H groups in total. The van der Waals surface area contributed by atoms with Crippen molar-refractivity contribution in [2.45, 2.75) is 0 Å². The Morgan fingerprint density at radius 2 is 1.00 bits per heavy atom. The van der Waals surface area contributed by atoms with Crippen LogP contribution in [0.5, 0.6) is 0 Å². The topological polar surface area (TPSA) is 22.8 Å². The smallest absolute Gasteiger partial charge is 0.138 e. The van der Waals surface area contributed by atoms with Gasteiger partial charge < -0.3 is 4.57 Å². The number of para-hydroxylation sites is 3. The van der Waals surface area contributed by atoms with Gasteiger partial charge in [0.05, 0.1) is 26.8 Å². The van der Waals surface area contributed by atoms with Gasteiger partial charge in [-0.15, -0.1) is 11.3 Å². The molecule has 0 aliphatic heterocycles. The zero-order chi connectivity index (χ0) is 25.5. The van der Waals surface area contributed by atoms with Gasteiger partial charge in [0.25, 0.3) is 0 Å². The number of pyridine rings is 1. The highest BCUT2D eigenvalue weighted by atomic mass is 32.1. The first-order valence-electron chi connectivity index (χ1n) is 13.1. The second-order valence-corrected chi connectivity index (χ2v) is 11.1. The SMILES string of the molecule is c1ccc2c(c1)sc1cnc(-n3c4ccccc4c4cc(-n5c6ccccc6c6ccccc65)ccc43)cc12. The molecule has 0 amide bonds. The van der Waals surface area contributed by atoms with Crippen LogP contribution in [-0.4, -0.2) is 14.1 Å². The first-order chi connectivity index (χ1) is 19.3. The van der Waals surface area contributed by atoms with Crippen LogP contribution in [0.2, 0.25) is 0 Å².